The van der Waals surface area contributed by atoms with Crippen molar-refractivity contribution in [2.24, 2.45) is 0 Å². The van der Waals surface area contributed by atoms with Crippen LogP contribution in [-0.2, 0) is 0 Å². The number of hydrogen-bond acceptors (Lipinski definition) is 0. The van der Waals surface area contributed by atoms with Crippen molar-refractivity contribution in [1.29, 1.82) is 0 Å². The van der Waals surface area contributed by atoms with Gasteiger partial charge < -0.3 is 0 Å². The average Bonchev–Trinajstić information content (AvgIpc) is 2.22. The van der Waals surface area contributed by atoms with E-state index >= 15 is 0 Å². The molecule has 0 heteroatoms. The van der Waals surface area contributed by atoms with E-state index in [1.807, 2.05) is 0 Å². The SMILES string of the molecule is C1=CC/C=C\C/C=C\CCCC/C=C/1. The summed E-state index contributed by atoms with van der Waals surface area (Å²) < 4.78 is 0. The predicted octanol–water partition coefficient (Wildman–Crippen LogP) is 4.57. The molecule has 0 unspecified atom stereocenters. The first-order valence-electron chi connectivity index (χ1n) is 5.62. The Morgan fingerprint density at radius 1 is 0.500 bits per heavy atom. The highest BCUT2D eigenvalue weighted by atomic mass is 13.9. The molecule has 0 amide bonds. The van der Waals surface area contributed by atoms with Gasteiger partial charge in [0.2, 0.25) is 0 Å². The average molecular weight is 188 g/mol. The summed E-state index contributed by atoms with van der Waals surface area (Å²) in [5.41, 5.74) is 0. The van der Waals surface area contributed by atoms with Gasteiger partial charge in [-0.3, -0.25) is 0 Å². The molecule has 1 rings (SSSR count). The molecule has 0 aromatic heterocycles. The Morgan fingerprint density at radius 3 is 1.93 bits per heavy atom. The highest BCUT2D eigenvalue weighted by Gasteiger charge is 1.83. The maximum absolute atomic E-state index is 2.30. The summed E-state index contributed by atoms with van der Waals surface area (Å²) in [7, 11) is 0. The molecular formula is C14H20. The summed E-state index contributed by atoms with van der Waals surface area (Å²) >= 11 is 0. The summed E-state index contributed by atoms with van der Waals surface area (Å²) in [5.74, 6) is 0. The first kappa shape index (κ1) is 11.0. The van der Waals surface area contributed by atoms with Crippen LogP contribution in [0.3, 0.4) is 0 Å². The standard InChI is InChI=1S/C14H20/c1-2-4-6-8-10-12-14-13-11-9-7-5-3-1/h1-4,7,9,13-14H,5-6,8,10-12H2/b3-1?,4-2+,9-7-,14-13-. The van der Waals surface area contributed by atoms with Crippen LogP contribution in [-0.4, -0.2) is 0 Å². The second-order valence-electron chi connectivity index (χ2n) is 3.55. The van der Waals surface area contributed by atoms with Crippen molar-refractivity contribution in [3.63, 3.8) is 0 Å². The van der Waals surface area contributed by atoms with E-state index in [-0.39, 0.29) is 0 Å². The number of hydrogen-bond donors (Lipinski definition) is 0. The van der Waals surface area contributed by atoms with Gasteiger partial charge in [0.1, 0.15) is 0 Å². The van der Waals surface area contributed by atoms with Gasteiger partial charge in [-0.2, -0.15) is 0 Å². The zero-order valence-corrected chi connectivity index (χ0v) is 8.86. The zero-order chi connectivity index (χ0) is 9.90. The molecule has 0 N–H and O–H groups in total. The van der Waals surface area contributed by atoms with Crippen LogP contribution in [0, 0.1) is 0 Å². The lowest BCUT2D eigenvalue weighted by Crippen LogP contribution is -1.72. The maximum atomic E-state index is 2.30. The lowest BCUT2D eigenvalue weighted by Gasteiger charge is -1.93. The quantitative estimate of drug-likeness (QED) is 0.489. The Hall–Kier alpha value is -1.04. The Balaban J connectivity index is 2.35. The summed E-state index contributed by atoms with van der Waals surface area (Å²) in [6.45, 7) is 0. The van der Waals surface area contributed by atoms with E-state index in [0.717, 1.165) is 12.8 Å². The van der Waals surface area contributed by atoms with Crippen molar-refractivity contribution >= 4 is 0 Å². The molecule has 0 bridgehead atoms. The van der Waals surface area contributed by atoms with Gasteiger partial charge in [-0.1, -0.05) is 48.6 Å². The number of allylic oxidation sites excluding steroid dienone is 8. The van der Waals surface area contributed by atoms with E-state index in [4.69, 9.17) is 0 Å². The van der Waals surface area contributed by atoms with Gasteiger partial charge in [0, 0.05) is 0 Å². The first-order chi connectivity index (χ1) is 7.00. The van der Waals surface area contributed by atoms with Gasteiger partial charge in [0.05, 0.1) is 0 Å². The topological polar surface area (TPSA) is 0 Å². The zero-order valence-electron chi connectivity index (χ0n) is 8.86. The van der Waals surface area contributed by atoms with Crippen LogP contribution >= 0.6 is 0 Å². The van der Waals surface area contributed by atoms with E-state index in [1.54, 1.807) is 0 Å². The van der Waals surface area contributed by atoms with Gasteiger partial charge >= 0.3 is 0 Å². The molecule has 1 aliphatic rings. The van der Waals surface area contributed by atoms with Crippen molar-refractivity contribution in [2.75, 3.05) is 0 Å². The van der Waals surface area contributed by atoms with Crippen LogP contribution in [0.25, 0.3) is 0 Å². The minimum atomic E-state index is 1.05. The third kappa shape index (κ3) is 6.47. The highest BCUT2D eigenvalue weighted by molar-refractivity contribution is 5.05. The second kappa shape index (κ2) is 8.55. The van der Waals surface area contributed by atoms with E-state index in [2.05, 4.69) is 48.6 Å². The predicted molar refractivity (Wildman–Crippen MR) is 64.3 cm³/mol. The summed E-state index contributed by atoms with van der Waals surface area (Å²) in [4.78, 5) is 0. The van der Waals surface area contributed by atoms with Crippen LogP contribution in [0.4, 0.5) is 0 Å². The van der Waals surface area contributed by atoms with Crippen molar-refractivity contribution < 1.29 is 0 Å². The fourth-order valence-corrected chi connectivity index (χ4v) is 1.42. The molecule has 76 valence electrons. The lowest BCUT2D eigenvalue weighted by atomic mass is 10.1. The van der Waals surface area contributed by atoms with Gasteiger partial charge in [0.15, 0.2) is 0 Å². The Kier molecular flexibility index (Phi) is 6.74. The van der Waals surface area contributed by atoms with E-state index in [0.29, 0.717) is 0 Å². The molecule has 0 saturated carbocycles. The molecule has 1 aliphatic carbocycles. The third-order valence-corrected chi connectivity index (χ3v) is 2.25. The lowest BCUT2D eigenvalue weighted by molar-refractivity contribution is 0.761. The molecule has 0 aromatic carbocycles. The van der Waals surface area contributed by atoms with Crippen molar-refractivity contribution in [3.8, 4) is 0 Å². The van der Waals surface area contributed by atoms with Crippen LogP contribution in [0.2, 0.25) is 0 Å². The Morgan fingerprint density at radius 2 is 1.07 bits per heavy atom. The molecule has 0 aromatic rings. The molecule has 0 nitrogen and oxygen atoms in total. The van der Waals surface area contributed by atoms with Gasteiger partial charge in [0.25, 0.3) is 0 Å². The van der Waals surface area contributed by atoms with Crippen LogP contribution in [0.1, 0.15) is 38.5 Å². The van der Waals surface area contributed by atoms with Gasteiger partial charge in [-0.05, 0) is 38.5 Å². The maximum Gasteiger partial charge on any atom is -0.0166 e. The molecule has 0 fully saturated rings. The Labute approximate surface area is 87.7 Å². The van der Waals surface area contributed by atoms with Crippen LogP contribution in [0.5, 0.6) is 0 Å². The molecule has 0 aliphatic heterocycles. The minimum Gasteiger partial charge on any atom is -0.0882 e. The summed E-state index contributed by atoms with van der Waals surface area (Å²) in [5, 5.41) is 0. The van der Waals surface area contributed by atoms with Crippen LogP contribution in [0.15, 0.2) is 48.6 Å². The largest absolute Gasteiger partial charge is 0.0882 e. The number of rotatable bonds is 0. The molecule has 0 heterocycles. The third-order valence-electron chi connectivity index (χ3n) is 2.25. The fraction of sp³-hybridized carbons (Fsp3) is 0.429. The molecule has 0 atom stereocenters. The minimum absolute atomic E-state index is 1.05. The normalized spacial score (nSPS) is 26.3. The summed E-state index contributed by atoms with van der Waals surface area (Å²) in [6.07, 6.45) is 25.0. The van der Waals surface area contributed by atoms with Crippen molar-refractivity contribution in [3.05, 3.63) is 48.6 Å². The van der Waals surface area contributed by atoms with Crippen molar-refractivity contribution in [2.45, 2.75) is 38.5 Å². The Bertz CT molecular complexity index is 228. The summed E-state index contributed by atoms with van der Waals surface area (Å²) in [6, 6.07) is 0. The van der Waals surface area contributed by atoms with E-state index in [1.165, 1.54) is 25.7 Å². The van der Waals surface area contributed by atoms with Crippen molar-refractivity contribution in [1.82, 2.24) is 0 Å². The van der Waals surface area contributed by atoms with E-state index < -0.39 is 0 Å². The monoisotopic (exact) mass is 188 g/mol. The van der Waals surface area contributed by atoms with Gasteiger partial charge in [-0.15, -0.1) is 0 Å². The van der Waals surface area contributed by atoms with E-state index in [9.17, 15) is 0 Å². The molecular weight excluding hydrogens is 168 g/mol. The molecule has 0 saturated heterocycles. The van der Waals surface area contributed by atoms with Crippen LogP contribution < -0.4 is 0 Å². The molecule has 14 heavy (non-hydrogen) atoms. The van der Waals surface area contributed by atoms with Gasteiger partial charge in [-0.25, -0.2) is 0 Å². The molecule has 0 radical (unpaired) electrons. The molecule has 0 spiro atoms. The highest BCUT2D eigenvalue weighted by Crippen LogP contribution is 2.03. The second-order valence-corrected chi connectivity index (χ2v) is 3.55. The first-order valence-corrected chi connectivity index (χ1v) is 5.62. The fourth-order valence-electron chi connectivity index (χ4n) is 1.42. The smallest absolute Gasteiger partial charge is 0.0166 e.